The summed E-state index contributed by atoms with van der Waals surface area (Å²) in [6.07, 6.45) is 6.72. The predicted octanol–water partition coefficient (Wildman–Crippen LogP) is 4.48. The van der Waals surface area contributed by atoms with E-state index in [9.17, 15) is 9.59 Å². The summed E-state index contributed by atoms with van der Waals surface area (Å²) in [5, 5.41) is 9.13. The number of hydrogen-bond donors (Lipinski definition) is 3. The molecule has 5 nitrogen and oxygen atoms in total. The van der Waals surface area contributed by atoms with Crippen molar-refractivity contribution in [1.29, 1.82) is 0 Å². The van der Waals surface area contributed by atoms with Crippen LogP contribution in [0.2, 0.25) is 0 Å². The summed E-state index contributed by atoms with van der Waals surface area (Å²) in [5.41, 5.74) is 1.47. The number of nitrogens with one attached hydrogen (secondary N) is 3. The van der Waals surface area contributed by atoms with Crippen LogP contribution in [-0.2, 0) is 10.3 Å². The Morgan fingerprint density at radius 3 is 2.03 bits per heavy atom. The Kier molecular flexibility index (Phi) is 7.89. The monoisotopic (exact) mass is 407 g/mol. The highest BCUT2D eigenvalue weighted by molar-refractivity contribution is 5.78. The predicted molar refractivity (Wildman–Crippen MR) is 120 cm³/mol. The van der Waals surface area contributed by atoms with E-state index in [0.717, 1.165) is 24.0 Å². The van der Waals surface area contributed by atoms with Crippen LogP contribution in [0.25, 0.3) is 0 Å². The Morgan fingerprint density at radius 1 is 0.900 bits per heavy atom. The van der Waals surface area contributed by atoms with Crippen molar-refractivity contribution in [2.45, 2.75) is 63.5 Å². The van der Waals surface area contributed by atoms with Crippen LogP contribution in [0.5, 0.6) is 0 Å². The van der Waals surface area contributed by atoms with Crippen LogP contribution in [-0.4, -0.2) is 24.5 Å². The van der Waals surface area contributed by atoms with Crippen molar-refractivity contribution < 1.29 is 9.59 Å². The third kappa shape index (κ3) is 6.09. The van der Waals surface area contributed by atoms with E-state index in [1.165, 1.54) is 19.3 Å². The second-order valence-corrected chi connectivity index (χ2v) is 8.24. The maximum absolute atomic E-state index is 12.7. The summed E-state index contributed by atoms with van der Waals surface area (Å²) in [6, 6.07) is 20.2. The second-order valence-electron chi connectivity index (χ2n) is 8.24. The molecule has 0 atom stereocenters. The molecule has 0 aromatic heterocycles. The Hall–Kier alpha value is -2.82. The van der Waals surface area contributed by atoms with Crippen LogP contribution < -0.4 is 16.0 Å². The molecule has 1 saturated carbocycles. The van der Waals surface area contributed by atoms with Gasteiger partial charge in [-0.3, -0.25) is 4.79 Å². The third-order valence-corrected chi connectivity index (χ3v) is 5.90. The first-order valence-corrected chi connectivity index (χ1v) is 11.0. The summed E-state index contributed by atoms with van der Waals surface area (Å²) in [5.74, 6) is -0.0281. The largest absolute Gasteiger partial charge is 0.343 e. The Balaban J connectivity index is 1.50. The molecule has 1 aliphatic carbocycles. The fourth-order valence-electron chi connectivity index (χ4n) is 4.13. The average Bonchev–Trinajstić information content (AvgIpc) is 2.78. The van der Waals surface area contributed by atoms with Crippen LogP contribution in [0.3, 0.4) is 0 Å². The molecule has 2 aromatic rings. The molecular formula is C25H33N3O2. The molecular weight excluding hydrogens is 374 g/mol. The van der Waals surface area contributed by atoms with E-state index in [-0.39, 0.29) is 11.9 Å². The molecule has 3 rings (SSSR count). The minimum atomic E-state index is -0.606. The second kappa shape index (κ2) is 10.8. The summed E-state index contributed by atoms with van der Waals surface area (Å²) in [4.78, 5) is 24.8. The van der Waals surface area contributed by atoms with Gasteiger partial charge < -0.3 is 16.0 Å². The van der Waals surface area contributed by atoms with Crippen LogP contribution in [0.1, 0.15) is 63.0 Å². The van der Waals surface area contributed by atoms with Gasteiger partial charge in [0.1, 0.15) is 0 Å². The van der Waals surface area contributed by atoms with Gasteiger partial charge in [-0.2, -0.15) is 0 Å². The molecule has 0 heterocycles. The number of urea groups is 1. The van der Waals surface area contributed by atoms with Crippen molar-refractivity contribution in [3.05, 3.63) is 71.8 Å². The van der Waals surface area contributed by atoms with Gasteiger partial charge >= 0.3 is 6.03 Å². The average molecular weight is 408 g/mol. The van der Waals surface area contributed by atoms with Gasteiger partial charge in [-0.1, -0.05) is 79.9 Å². The number of amides is 3. The summed E-state index contributed by atoms with van der Waals surface area (Å²) in [6.45, 7) is 2.52. The van der Waals surface area contributed by atoms with E-state index in [2.05, 4.69) is 16.0 Å². The van der Waals surface area contributed by atoms with Crippen molar-refractivity contribution in [1.82, 2.24) is 16.0 Å². The molecule has 3 amide bonds. The van der Waals surface area contributed by atoms with Crippen LogP contribution in [0.15, 0.2) is 60.7 Å². The normalized spacial score (nSPS) is 14.7. The molecule has 5 heteroatoms. The van der Waals surface area contributed by atoms with Crippen molar-refractivity contribution >= 4 is 11.9 Å². The van der Waals surface area contributed by atoms with Crippen molar-refractivity contribution in [3.8, 4) is 0 Å². The molecule has 0 bridgehead atoms. The quantitative estimate of drug-likeness (QED) is 0.565. The third-order valence-electron chi connectivity index (χ3n) is 5.90. The maximum Gasteiger partial charge on any atom is 0.315 e. The summed E-state index contributed by atoms with van der Waals surface area (Å²) < 4.78 is 0. The molecule has 160 valence electrons. The Morgan fingerprint density at radius 2 is 1.47 bits per heavy atom. The zero-order chi connectivity index (χ0) is 21.2. The summed E-state index contributed by atoms with van der Waals surface area (Å²) in [7, 11) is 0. The smallest absolute Gasteiger partial charge is 0.315 e. The van der Waals surface area contributed by atoms with Crippen molar-refractivity contribution in [2.75, 3.05) is 6.54 Å². The van der Waals surface area contributed by atoms with E-state index < -0.39 is 5.54 Å². The van der Waals surface area contributed by atoms with Crippen LogP contribution in [0.4, 0.5) is 4.79 Å². The fourth-order valence-corrected chi connectivity index (χ4v) is 4.13. The van der Waals surface area contributed by atoms with Gasteiger partial charge in [0.2, 0.25) is 5.91 Å². The van der Waals surface area contributed by atoms with E-state index in [1.54, 1.807) is 0 Å². The van der Waals surface area contributed by atoms with Crippen molar-refractivity contribution in [3.63, 3.8) is 0 Å². The Labute approximate surface area is 179 Å². The number of carbonyl (C=O) groups excluding carboxylic acids is 2. The van der Waals surface area contributed by atoms with Gasteiger partial charge in [-0.25, -0.2) is 4.79 Å². The zero-order valence-corrected chi connectivity index (χ0v) is 17.8. The number of benzene rings is 2. The molecule has 0 unspecified atom stereocenters. The zero-order valence-electron chi connectivity index (χ0n) is 17.8. The Bertz CT molecular complexity index is 762. The fraction of sp³-hybridized carbons (Fsp3) is 0.440. The van der Waals surface area contributed by atoms with Gasteiger partial charge in [0, 0.05) is 19.0 Å². The molecule has 0 saturated heterocycles. The number of hydrogen-bond acceptors (Lipinski definition) is 2. The van der Waals surface area contributed by atoms with E-state index >= 15 is 0 Å². The lowest BCUT2D eigenvalue weighted by molar-refractivity contribution is -0.122. The van der Waals surface area contributed by atoms with Gasteiger partial charge in [0.25, 0.3) is 0 Å². The van der Waals surface area contributed by atoms with Gasteiger partial charge in [0.15, 0.2) is 0 Å². The molecule has 1 fully saturated rings. The number of carbonyl (C=O) groups is 2. The van der Waals surface area contributed by atoms with Crippen LogP contribution in [0, 0.1) is 0 Å². The van der Waals surface area contributed by atoms with Crippen molar-refractivity contribution in [2.24, 2.45) is 0 Å². The van der Waals surface area contributed by atoms with E-state index in [4.69, 9.17) is 0 Å². The minimum Gasteiger partial charge on any atom is -0.343 e. The standard InChI is InChI=1S/C25H33N3O2/c1-25(20-12-5-2-6-13-20,21-14-7-3-8-15-21)28-23(29)18-11-19-26-24(30)27-22-16-9-4-10-17-22/h2-3,5-8,12-15,22H,4,9-11,16-19H2,1H3,(H,28,29)(H2,26,27,30). The minimum absolute atomic E-state index is 0.0281. The topological polar surface area (TPSA) is 70.2 Å². The summed E-state index contributed by atoms with van der Waals surface area (Å²) >= 11 is 0. The highest BCUT2D eigenvalue weighted by atomic mass is 16.2. The molecule has 2 aromatic carbocycles. The molecule has 3 N–H and O–H groups in total. The van der Waals surface area contributed by atoms with E-state index in [1.807, 2.05) is 67.6 Å². The first-order valence-electron chi connectivity index (χ1n) is 11.0. The highest BCUT2D eigenvalue weighted by Gasteiger charge is 2.30. The molecule has 1 aliphatic rings. The lowest BCUT2D eigenvalue weighted by Gasteiger charge is -2.32. The lowest BCUT2D eigenvalue weighted by Crippen LogP contribution is -2.45. The maximum atomic E-state index is 12.7. The highest BCUT2D eigenvalue weighted by Crippen LogP contribution is 2.29. The van der Waals surface area contributed by atoms with E-state index in [0.29, 0.717) is 25.4 Å². The first kappa shape index (κ1) is 21.9. The number of rotatable bonds is 8. The molecule has 30 heavy (non-hydrogen) atoms. The van der Waals surface area contributed by atoms with Crippen LogP contribution >= 0.6 is 0 Å². The van der Waals surface area contributed by atoms with Gasteiger partial charge in [-0.15, -0.1) is 0 Å². The van der Waals surface area contributed by atoms with Gasteiger partial charge in [0.05, 0.1) is 5.54 Å². The molecule has 0 radical (unpaired) electrons. The SMILES string of the molecule is CC(NC(=O)CCCNC(=O)NC1CCCCC1)(c1ccccc1)c1ccccc1. The van der Waals surface area contributed by atoms with Gasteiger partial charge in [-0.05, 0) is 37.3 Å². The lowest BCUT2D eigenvalue weighted by atomic mass is 9.84. The molecule has 0 aliphatic heterocycles. The molecule has 0 spiro atoms. The first-order chi connectivity index (χ1) is 14.6.